The molecule has 0 saturated heterocycles. The molecular weight excluding hydrogens is 338 g/mol. The van der Waals surface area contributed by atoms with Gasteiger partial charge in [-0.3, -0.25) is 4.79 Å². The molecule has 2 rings (SSSR count). The summed E-state index contributed by atoms with van der Waals surface area (Å²) in [6, 6.07) is 9.26. The molecule has 0 fully saturated rings. The quantitative estimate of drug-likeness (QED) is 0.720. The third kappa shape index (κ3) is 5.55. The largest absolute Gasteiger partial charge is 0.479 e. The molecule has 1 heterocycles. The van der Waals surface area contributed by atoms with E-state index >= 15 is 0 Å². The van der Waals surface area contributed by atoms with E-state index in [0.717, 1.165) is 11.5 Å². The summed E-state index contributed by atoms with van der Waals surface area (Å²) in [6.45, 7) is 2.35. The average molecular weight is 356 g/mol. The van der Waals surface area contributed by atoms with Gasteiger partial charge in [-0.2, -0.15) is 23.1 Å². The smallest absolute Gasteiger partial charge is 0.260 e. The SMILES string of the molecule is C[C@@H](Oc1ccccc1Cl)C(=O)NCCSCc1ccsc1. The van der Waals surface area contributed by atoms with Gasteiger partial charge in [-0.15, -0.1) is 0 Å². The molecule has 2 aromatic rings. The van der Waals surface area contributed by atoms with Crippen LogP contribution in [0.2, 0.25) is 5.02 Å². The second-order valence-electron chi connectivity index (χ2n) is 4.67. The molecule has 1 N–H and O–H groups in total. The molecule has 0 aliphatic heterocycles. The van der Waals surface area contributed by atoms with Crippen molar-refractivity contribution in [2.75, 3.05) is 12.3 Å². The van der Waals surface area contributed by atoms with Crippen molar-refractivity contribution in [1.82, 2.24) is 5.32 Å². The summed E-state index contributed by atoms with van der Waals surface area (Å²) in [7, 11) is 0. The van der Waals surface area contributed by atoms with Gasteiger partial charge in [-0.05, 0) is 41.4 Å². The maximum atomic E-state index is 12.0. The first-order chi connectivity index (χ1) is 10.7. The van der Waals surface area contributed by atoms with Crippen LogP contribution < -0.4 is 10.1 Å². The minimum Gasteiger partial charge on any atom is -0.479 e. The van der Waals surface area contributed by atoms with Gasteiger partial charge in [0, 0.05) is 18.1 Å². The fourth-order valence-corrected chi connectivity index (χ4v) is 3.50. The van der Waals surface area contributed by atoms with Crippen molar-refractivity contribution in [2.45, 2.75) is 18.8 Å². The Kier molecular flexibility index (Phi) is 7.09. The van der Waals surface area contributed by atoms with Crippen molar-refractivity contribution in [3.8, 4) is 5.75 Å². The van der Waals surface area contributed by atoms with Gasteiger partial charge in [-0.25, -0.2) is 0 Å². The predicted molar refractivity (Wildman–Crippen MR) is 95.0 cm³/mol. The van der Waals surface area contributed by atoms with Gasteiger partial charge in [-0.1, -0.05) is 23.7 Å². The molecule has 0 radical (unpaired) electrons. The van der Waals surface area contributed by atoms with Crippen LogP contribution in [0.5, 0.6) is 5.75 Å². The van der Waals surface area contributed by atoms with Crippen LogP contribution in [0.25, 0.3) is 0 Å². The Morgan fingerprint density at radius 1 is 1.41 bits per heavy atom. The molecule has 1 aromatic heterocycles. The highest BCUT2D eigenvalue weighted by atomic mass is 35.5. The number of rotatable bonds is 8. The molecule has 6 heteroatoms. The molecule has 3 nitrogen and oxygen atoms in total. The Labute approximate surface area is 144 Å². The number of benzene rings is 1. The van der Waals surface area contributed by atoms with Gasteiger partial charge < -0.3 is 10.1 Å². The number of thioether (sulfide) groups is 1. The summed E-state index contributed by atoms with van der Waals surface area (Å²) in [5.41, 5.74) is 1.33. The maximum absolute atomic E-state index is 12.0. The van der Waals surface area contributed by atoms with Crippen LogP contribution in [0.1, 0.15) is 12.5 Å². The first-order valence-electron chi connectivity index (χ1n) is 6.94. The van der Waals surface area contributed by atoms with Crippen molar-refractivity contribution in [3.63, 3.8) is 0 Å². The summed E-state index contributed by atoms with van der Waals surface area (Å²) in [5, 5.41) is 7.60. The number of hydrogen-bond acceptors (Lipinski definition) is 4. The fourth-order valence-electron chi connectivity index (χ4n) is 1.74. The standard InChI is InChI=1S/C16H18ClNO2S2/c1-12(20-15-5-3-2-4-14(15)17)16(19)18-7-9-22-11-13-6-8-21-10-13/h2-6,8,10,12H,7,9,11H2,1H3,(H,18,19)/t12-/m1/s1. The van der Waals surface area contributed by atoms with Crippen molar-refractivity contribution >= 4 is 40.6 Å². The molecule has 0 unspecified atom stereocenters. The first kappa shape index (κ1) is 17.2. The second-order valence-corrected chi connectivity index (χ2v) is 6.96. The number of thiophene rings is 1. The highest BCUT2D eigenvalue weighted by Gasteiger charge is 2.15. The van der Waals surface area contributed by atoms with Gasteiger partial charge in [0.2, 0.25) is 0 Å². The lowest BCUT2D eigenvalue weighted by Gasteiger charge is -2.15. The number of amides is 1. The highest BCUT2D eigenvalue weighted by Crippen LogP contribution is 2.24. The lowest BCUT2D eigenvalue weighted by atomic mass is 10.3. The summed E-state index contributed by atoms with van der Waals surface area (Å²) < 4.78 is 5.57. The number of ether oxygens (including phenoxy) is 1. The topological polar surface area (TPSA) is 38.3 Å². The Morgan fingerprint density at radius 2 is 2.23 bits per heavy atom. The number of para-hydroxylation sites is 1. The van der Waals surface area contributed by atoms with E-state index in [-0.39, 0.29) is 5.91 Å². The van der Waals surface area contributed by atoms with Gasteiger partial charge in [0.15, 0.2) is 6.10 Å². The second kappa shape index (κ2) is 9.08. The third-order valence-corrected chi connectivity index (χ3v) is 4.98. The molecule has 0 aliphatic carbocycles. The molecule has 118 valence electrons. The van der Waals surface area contributed by atoms with E-state index in [1.54, 1.807) is 42.2 Å². The minimum atomic E-state index is -0.568. The van der Waals surface area contributed by atoms with Crippen LogP contribution in [-0.2, 0) is 10.5 Å². The van der Waals surface area contributed by atoms with E-state index in [1.807, 2.05) is 12.1 Å². The van der Waals surface area contributed by atoms with Crippen LogP contribution in [0.4, 0.5) is 0 Å². The van der Waals surface area contributed by atoms with E-state index in [4.69, 9.17) is 16.3 Å². The van der Waals surface area contributed by atoms with Crippen molar-refractivity contribution in [1.29, 1.82) is 0 Å². The number of carbonyl (C=O) groups excluding carboxylic acids is 1. The molecule has 22 heavy (non-hydrogen) atoms. The molecule has 0 aliphatic rings. The summed E-state index contributed by atoms with van der Waals surface area (Å²) >= 11 is 9.51. The summed E-state index contributed by atoms with van der Waals surface area (Å²) in [5.74, 6) is 2.25. The molecule has 0 saturated carbocycles. The first-order valence-corrected chi connectivity index (χ1v) is 9.42. The van der Waals surface area contributed by atoms with Crippen LogP contribution in [0.15, 0.2) is 41.1 Å². The van der Waals surface area contributed by atoms with Crippen molar-refractivity contribution in [2.24, 2.45) is 0 Å². The van der Waals surface area contributed by atoms with Gasteiger partial charge >= 0.3 is 0 Å². The zero-order valence-corrected chi connectivity index (χ0v) is 14.6. The van der Waals surface area contributed by atoms with Crippen LogP contribution in [0.3, 0.4) is 0 Å². The Morgan fingerprint density at radius 3 is 2.95 bits per heavy atom. The molecule has 1 aromatic carbocycles. The van der Waals surface area contributed by atoms with E-state index in [9.17, 15) is 4.79 Å². The Balaban J connectivity index is 1.65. The molecule has 0 spiro atoms. The zero-order chi connectivity index (χ0) is 15.8. The Bertz CT molecular complexity index is 590. The van der Waals surface area contributed by atoms with Gasteiger partial charge in [0.25, 0.3) is 5.91 Å². The fraction of sp³-hybridized carbons (Fsp3) is 0.312. The van der Waals surface area contributed by atoms with Crippen LogP contribution >= 0.6 is 34.7 Å². The number of carbonyl (C=O) groups is 1. The highest BCUT2D eigenvalue weighted by molar-refractivity contribution is 7.98. The summed E-state index contributed by atoms with van der Waals surface area (Å²) in [6.07, 6.45) is -0.568. The van der Waals surface area contributed by atoms with Crippen LogP contribution in [-0.4, -0.2) is 24.3 Å². The third-order valence-electron chi connectivity index (χ3n) is 2.90. The number of halogens is 1. The average Bonchev–Trinajstić information content (AvgIpc) is 3.02. The summed E-state index contributed by atoms with van der Waals surface area (Å²) in [4.78, 5) is 12.0. The lowest BCUT2D eigenvalue weighted by Crippen LogP contribution is -2.37. The lowest BCUT2D eigenvalue weighted by molar-refractivity contribution is -0.127. The van der Waals surface area contributed by atoms with E-state index < -0.39 is 6.10 Å². The Hall–Kier alpha value is -1.17. The van der Waals surface area contributed by atoms with Crippen molar-refractivity contribution in [3.05, 3.63) is 51.7 Å². The maximum Gasteiger partial charge on any atom is 0.260 e. The molecule has 1 amide bonds. The minimum absolute atomic E-state index is 0.129. The normalized spacial score (nSPS) is 11.9. The molecule has 0 bridgehead atoms. The predicted octanol–water partition coefficient (Wildman–Crippen LogP) is 4.22. The monoisotopic (exact) mass is 355 g/mol. The number of nitrogens with one attached hydrogen (secondary N) is 1. The van der Waals surface area contributed by atoms with Crippen molar-refractivity contribution < 1.29 is 9.53 Å². The van der Waals surface area contributed by atoms with E-state index in [0.29, 0.717) is 17.3 Å². The van der Waals surface area contributed by atoms with Gasteiger partial charge in [0.05, 0.1) is 5.02 Å². The van der Waals surface area contributed by atoms with Gasteiger partial charge in [0.1, 0.15) is 5.75 Å². The number of hydrogen-bond donors (Lipinski definition) is 1. The van der Waals surface area contributed by atoms with E-state index in [1.165, 1.54) is 5.56 Å². The molecule has 1 atom stereocenters. The van der Waals surface area contributed by atoms with E-state index in [2.05, 4.69) is 22.1 Å². The zero-order valence-electron chi connectivity index (χ0n) is 12.3. The molecular formula is C16H18ClNO2S2. The van der Waals surface area contributed by atoms with Crippen LogP contribution in [0, 0.1) is 0 Å².